The number of rotatable bonds is 4. The zero-order valence-electron chi connectivity index (χ0n) is 9.60. The first-order valence-corrected chi connectivity index (χ1v) is 5.28. The van der Waals surface area contributed by atoms with Gasteiger partial charge in [-0.15, -0.1) is 0 Å². The van der Waals surface area contributed by atoms with Crippen molar-refractivity contribution in [1.82, 2.24) is 10.2 Å². The van der Waals surface area contributed by atoms with Crippen LogP contribution in [0.1, 0.15) is 13.3 Å². The lowest BCUT2D eigenvalue weighted by molar-refractivity contribution is -0.145. The number of amides is 1. The third kappa shape index (κ3) is 3.79. The molecule has 6 nitrogen and oxygen atoms in total. The molecule has 0 aliphatic carbocycles. The van der Waals surface area contributed by atoms with Crippen LogP contribution in [0.5, 0.6) is 0 Å². The molecule has 0 spiro atoms. The Bertz CT molecular complexity index is 270. The molecule has 92 valence electrons. The summed E-state index contributed by atoms with van der Waals surface area (Å²) in [5.41, 5.74) is 0. The van der Waals surface area contributed by atoms with Crippen molar-refractivity contribution in [1.29, 1.82) is 0 Å². The van der Waals surface area contributed by atoms with Crippen LogP contribution in [0.15, 0.2) is 0 Å². The minimum Gasteiger partial charge on any atom is -0.467 e. The zero-order valence-corrected chi connectivity index (χ0v) is 9.60. The lowest BCUT2D eigenvalue weighted by Gasteiger charge is -2.21. The van der Waals surface area contributed by atoms with Crippen LogP contribution in [0.4, 0.5) is 0 Å². The smallest absolute Gasteiger partial charge is 0.329 e. The van der Waals surface area contributed by atoms with Gasteiger partial charge in [0.15, 0.2) is 0 Å². The normalized spacial score (nSPS) is 22.8. The van der Waals surface area contributed by atoms with Crippen LogP contribution in [-0.2, 0) is 14.3 Å². The summed E-state index contributed by atoms with van der Waals surface area (Å²) >= 11 is 0. The highest BCUT2D eigenvalue weighted by Crippen LogP contribution is 2.09. The topological polar surface area (TPSA) is 78.9 Å². The summed E-state index contributed by atoms with van der Waals surface area (Å²) in [4.78, 5) is 24.2. The SMILES string of the molecule is COC(=O)C(CN1CCC(O)C1)NC(C)=O. The summed E-state index contributed by atoms with van der Waals surface area (Å²) in [5, 5.41) is 11.9. The minimum atomic E-state index is -0.659. The Kier molecular flexibility index (Phi) is 4.70. The molecule has 0 bridgehead atoms. The second-order valence-electron chi connectivity index (χ2n) is 3.98. The predicted octanol–water partition coefficient (Wildman–Crippen LogP) is -1.27. The summed E-state index contributed by atoms with van der Waals surface area (Å²) in [7, 11) is 1.29. The summed E-state index contributed by atoms with van der Waals surface area (Å²) in [5.74, 6) is -0.730. The van der Waals surface area contributed by atoms with Gasteiger partial charge in [0.1, 0.15) is 6.04 Å². The van der Waals surface area contributed by atoms with Gasteiger partial charge in [-0.2, -0.15) is 0 Å². The third-order valence-corrected chi connectivity index (χ3v) is 2.55. The van der Waals surface area contributed by atoms with Crippen molar-refractivity contribution in [2.45, 2.75) is 25.5 Å². The maximum atomic E-state index is 11.4. The molecule has 1 fully saturated rings. The van der Waals surface area contributed by atoms with Gasteiger partial charge in [-0.3, -0.25) is 9.69 Å². The van der Waals surface area contributed by atoms with Crippen LogP contribution < -0.4 is 5.32 Å². The van der Waals surface area contributed by atoms with Crippen molar-refractivity contribution in [2.24, 2.45) is 0 Å². The first-order valence-electron chi connectivity index (χ1n) is 5.28. The van der Waals surface area contributed by atoms with E-state index >= 15 is 0 Å². The zero-order chi connectivity index (χ0) is 12.1. The molecule has 0 aromatic rings. The number of nitrogens with zero attached hydrogens (tertiary/aromatic N) is 1. The van der Waals surface area contributed by atoms with Gasteiger partial charge in [-0.25, -0.2) is 4.79 Å². The average molecular weight is 230 g/mol. The largest absolute Gasteiger partial charge is 0.467 e. The van der Waals surface area contributed by atoms with E-state index in [2.05, 4.69) is 10.1 Å². The molecule has 1 rings (SSSR count). The number of hydrogen-bond donors (Lipinski definition) is 2. The number of methoxy groups -OCH3 is 1. The number of ether oxygens (including phenoxy) is 1. The molecule has 1 amide bonds. The highest BCUT2D eigenvalue weighted by atomic mass is 16.5. The summed E-state index contributed by atoms with van der Waals surface area (Å²) in [6.07, 6.45) is 0.365. The van der Waals surface area contributed by atoms with E-state index in [1.54, 1.807) is 0 Å². The highest BCUT2D eigenvalue weighted by molar-refractivity contribution is 5.83. The molecule has 2 N–H and O–H groups in total. The number of likely N-dealkylation sites (tertiary alicyclic amines) is 1. The first kappa shape index (κ1) is 12.9. The molecule has 1 aliphatic rings. The average Bonchev–Trinajstić information content (AvgIpc) is 2.61. The molecule has 1 heterocycles. The number of nitrogens with one attached hydrogen (secondary N) is 1. The van der Waals surface area contributed by atoms with E-state index in [1.165, 1.54) is 14.0 Å². The fraction of sp³-hybridized carbons (Fsp3) is 0.800. The van der Waals surface area contributed by atoms with Crippen molar-refractivity contribution in [3.05, 3.63) is 0 Å². The molecular formula is C10H18N2O4. The molecule has 0 radical (unpaired) electrons. The molecule has 6 heteroatoms. The molecular weight excluding hydrogens is 212 g/mol. The van der Waals surface area contributed by atoms with Crippen LogP contribution in [0, 0.1) is 0 Å². The van der Waals surface area contributed by atoms with E-state index in [9.17, 15) is 14.7 Å². The Morgan fingerprint density at radius 2 is 2.31 bits per heavy atom. The van der Waals surface area contributed by atoms with E-state index in [0.29, 0.717) is 19.5 Å². The lowest BCUT2D eigenvalue weighted by Crippen LogP contribution is -2.48. The van der Waals surface area contributed by atoms with Gasteiger partial charge in [0.25, 0.3) is 0 Å². The van der Waals surface area contributed by atoms with Crippen molar-refractivity contribution in [2.75, 3.05) is 26.7 Å². The van der Waals surface area contributed by atoms with Crippen LogP contribution in [0.25, 0.3) is 0 Å². The molecule has 2 unspecified atom stereocenters. The maximum Gasteiger partial charge on any atom is 0.329 e. The fourth-order valence-electron chi connectivity index (χ4n) is 1.80. The van der Waals surface area contributed by atoms with E-state index in [4.69, 9.17) is 0 Å². The summed E-state index contributed by atoms with van der Waals surface area (Å²) in [6.45, 7) is 3.00. The minimum absolute atomic E-state index is 0.268. The molecule has 0 aromatic carbocycles. The first-order chi connectivity index (χ1) is 7.52. The molecule has 0 aromatic heterocycles. The molecule has 0 saturated carbocycles. The number of aliphatic hydroxyl groups excluding tert-OH is 1. The van der Waals surface area contributed by atoms with Crippen molar-refractivity contribution in [3.8, 4) is 0 Å². The number of aliphatic hydroxyl groups is 1. The van der Waals surface area contributed by atoms with Gasteiger partial charge in [0, 0.05) is 26.6 Å². The van der Waals surface area contributed by atoms with Crippen molar-refractivity contribution < 1.29 is 19.4 Å². The molecule has 2 atom stereocenters. The van der Waals surface area contributed by atoms with Gasteiger partial charge in [0.05, 0.1) is 13.2 Å². The van der Waals surface area contributed by atoms with Crippen LogP contribution in [0.3, 0.4) is 0 Å². The molecule has 1 saturated heterocycles. The number of hydrogen-bond acceptors (Lipinski definition) is 5. The summed E-state index contributed by atoms with van der Waals surface area (Å²) < 4.78 is 4.61. The van der Waals surface area contributed by atoms with Crippen molar-refractivity contribution in [3.63, 3.8) is 0 Å². The van der Waals surface area contributed by atoms with E-state index in [-0.39, 0.29) is 12.0 Å². The second kappa shape index (κ2) is 5.81. The Morgan fingerprint density at radius 3 is 2.75 bits per heavy atom. The Labute approximate surface area is 94.6 Å². The molecule has 16 heavy (non-hydrogen) atoms. The quantitative estimate of drug-likeness (QED) is 0.589. The van der Waals surface area contributed by atoms with Crippen LogP contribution in [-0.4, -0.2) is 60.8 Å². The lowest BCUT2D eigenvalue weighted by atomic mass is 10.2. The Balaban J connectivity index is 2.49. The number of β-amino-alcohol motifs (C(OH)–C–C–N with tert-alkyl or cyclic N) is 1. The van der Waals surface area contributed by atoms with Crippen molar-refractivity contribution >= 4 is 11.9 Å². The van der Waals surface area contributed by atoms with E-state index in [0.717, 1.165) is 6.54 Å². The van der Waals surface area contributed by atoms with Gasteiger partial charge in [0.2, 0.25) is 5.91 Å². The van der Waals surface area contributed by atoms with E-state index in [1.807, 2.05) is 4.90 Å². The van der Waals surface area contributed by atoms with E-state index < -0.39 is 12.0 Å². The van der Waals surface area contributed by atoms with Gasteiger partial charge < -0.3 is 15.2 Å². The van der Waals surface area contributed by atoms with Crippen LogP contribution in [0.2, 0.25) is 0 Å². The monoisotopic (exact) mass is 230 g/mol. The fourth-order valence-corrected chi connectivity index (χ4v) is 1.80. The summed E-state index contributed by atoms with van der Waals surface area (Å²) in [6, 6.07) is -0.659. The Hall–Kier alpha value is -1.14. The van der Waals surface area contributed by atoms with Gasteiger partial charge in [-0.1, -0.05) is 0 Å². The highest BCUT2D eigenvalue weighted by Gasteiger charge is 2.27. The van der Waals surface area contributed by atoms with Gasteiger partial charge in [-0.05, 0) is 6.42 Å². The standard InChI is InChI=1S/C10H18N2O4/c1-7(13)11-9(10(15)16-2)6-12-4-3-8(14)5-12/h8-9,14H,3-6H2,1-2H3,(H,11,13). The maximum absolute atomic E-state index is 11.4. The number of esters is 1. The molecule has 1 aliphatic heterocycles. The number of carbonyl (C=O) groups excluding carboxylic acids is 2. The van der Waals surface area contributed by atoms with Crippen LogP contribution >= 0.6 is 0 Å². The Morgan fingerprint density at radius 1 is 1.62 bits per heavy atom. The van der Waals surface area contributed by atoms with Gasteiger partial charge >= 0.3 is 5.97 Å². The predicted molar refractivity (Wildman–Crippen MR) is 56.7 cm³/mol. The second-order valence-corrected chi connectivity index (χ2v) is 3.98. The number of carbonyl (C=O) groups is 2. The third-order valence-electron chi connectivity index (χ3n) is 2.55.